The zero-order valence-corrected chi connectivity index (χ0v) is 20.6. The molecule has 2 aromatic carbocycles. The van der Waals surface area contributed by atoms with Crippen molar-refractivity contribution in [2.45, 2.75) is 31.2 Å². The summed E-state index contributed by atoms with van der Waals surface area (Å²) in [5.74, 6) is 0.821. The van der Waals surface area contributed by atoms with Gasteiger partial charge < -0.3 is 18.8 Å². The van der Waals surface area contributed by atoms with Crippen LogP contribution < -0.4 is 14.3 Å². The monoisotopic (exact) mass is 492 g/mol. The Bertz CT molecular complexity index is 1260. The Morgan fingerprint density at radius 3 is 2.42 bits per heavy atom. The van der Waals surface area contributed by atoms with E-state index in [9.17, 15) is 13.2 Å². The van der Waals surface area contributed by atoms with Gasteiger partial charge in [0.05, 0.1) is 41.7 Å². The molecular weight excluding hydrogens is 464 g/mol. The van der Waals surface area contributed by atoms with Crippen LogP contribution in [0, 0.1) is 0 Å². The summed E-state index contributed by atoms with van der Waals surface area (Å²) in [4.78, 5) is 17.6. The number of benzene rings is 2. The summed E-state index contributed by atoms with van der Waals surface area (Å²) in [7, 11) is -0.364. The molecular formula is C23H28N2O6S2. The molecule has 0 unspecified atom stereocenters. The third kappa shape index (κ3) is 6.43. The van der Waals surface area contributed by atoms with Gasteiger partial charge in [0.1, 0.15) is 11.5 Å². The molecule has 0 saturated heterocycles. The number of fused-ring (bicyclic) bond motifs is 1. The number of ether oxygens (including phenoxy) is 3. The third-order valence-corrected chi connectivity index (χ3v) is 7.85. The average molecular weight is 493 g/mol. The number of hydrogen-bond acceptors (Lipinski definition) is 7. The van der Waals surface area contributed by atoms with E-state index in [-0.39, 0.29) is 29.4 Å². The van der Waals surface area contributed by atoms with Gasteiger partial charge in [-0.1, -0.05) is 11.3 Å². The number of hydrogen-bond donors (Lipinski definition) is 0. The first-order valence-electron chi connectivity index (χ1n) is 10.6. The minimum absolute atomic E-state index is 0.0401. The van der Waals surface area contributed by atoms with Crippen LogP contribution in [0.3, 0.4) is 0 Å². The van der Waals surface area contributed by atoms with Crippen LogP contribution in [0.1, 0.15) is 19.8 Å². The highest BCUT2D eigenvalue weighted by Gasteiger charge is 2.15. The Morgan fingerprint density at radius 1 is 1.06 bits per heavy atom. The van der Waals surface area contributed by atoms with Gasteiger partial charge >= 0.3 is 0 Å². The quantitative estimate of drug-likeness (QED) is 0.381. The van der Waals surface area contributed by atoms with Crippen molar-refractivity contribution >= 4 is 37.3 Å². The predicted octanol–water partition coefficient (Wildman–Crippen LogP) is 3.44. The average Bonchev–Trinajstić information content (AvgIpc) is 3.15. The van der Waals surface area contributed by atoms with Crippen molar-refractivity contribution in [1.82, 2.24) is 4.57 Å². The number of sulfone groups is 1. The first kappa shape index (κ1) is 24.9. The molecule has 0 aliphatic carbocycles. The number of methoxy groups -OCH3 is 2. The summed E-state index contributed by atoms with van der Waals surface area (Å²) in [5, 5.41) is 0. The third-order valence-electron chi connectivity index (χ3n) is 5.00. The lowest BCUT2D eigenvalue weighted by Gasteiger charge is -2.06. The van der Waals surface area contributed by atoms with Crippen LogP contribution in [0.2, 0.25) is 0 Å². The highest BCUT2D eigenvalue weighted by Crippen LogP contribution is 2.23. The van der Waals surface area contributed by atoms with Crippen LogP contribution >= 0.6 is 11.3 Å². The summed E-state index contributed by atoms with van der Waals surface area (Å²) < 4.78 is 43.8. The highest BCUT2D eigenvalue weighted by atomic mass is 32.2. The van der Waals surface area contributed by atoms with Crippen LogP contribution in [-0.4, -0.2) is 52.1 Å². The molecule has 0 spiro atoms. The zero-order valence-electron chi connectivity index (χ0n) is 18.9. The molecule has 3 rings (SSSR count). The first-order chi connectivity index (χ1) is 15.9. The summed E-state index contributed by atoms with van der Waals surface area (Å²) in [6, 6.07) is 11.9. The second-order valence-corrected chi connectivity index (χ2v) is 10.3. The lowest BCUT2D eigenvalue weighted by molar-refractivity contribution is -0.118. The van der Waals surface area contributed by atoms with Gasteiger partial charge in [0.2, 0.25) is 5.91 Å². The molecule has 10 heteroatoms. The standard InChI is InChI=1S/C23H28N2O6S2/c1-4-31-14-13-25-20-12-9-18(30-3)16-21(20)32-23(25)24-22(26)6-5-15-33(27,28)19-10-7-17(29-2)8-11-19/h7-12,16H,4-6,13-15H2,1-3H3. The van der Waals surface area contributed by atoms with E-state index in [0.717, 1.165) is 16.0 Å². The van der Waals surface area contributed by atoms with Crippen molar-refractivity contribution < 1.29 is 27.4 Å². The fourth-order valence-electron chi connectivity index (χ4n) is 3.26. The molecule has 3 aromatic rings. The topological polar surface area (TPSA) is 96.2 Å². The van der Waals surface area contributed by atoms with E-state index in [4.69, 9.17) is 14.2 Å². The smallest absolute Gasteiger partial charge is 0.248 e. The summed E-state index contributed by atoms with van der Waals surface area (Å²) in [6.45, 7) is 3.58. The molecule has 1 heterocycles. The number of nitrogens with zero attached hydrogens (tertiary/aromatic N) is 2. The molecule has 0 saturated carbocycles. The molecule has 0 bridgehead atoms. The van der Waals surface area contributed by atoms with E-state index in [1.165, 1.54) is 30.6 Å². The van der Waals surface area contributed by atoms with E-state index < -0.39 is 9.84 Å². The second kappa shape index (κ2) is 11.4. The van der Waals surface area contributed by atoms with Crippen LogP contribution in [0.15, 0.2) is 52.4 Å². The fraction of sp³-hybridized carbons (Fsp3) is 0.391. The zero-order chi connectivity index (χ0) is 23.8. The minimum Gasteiger partial charge on any atom is -0.497 e. The predicted molar refractivity (Wildman–Crippen MR) is 128 cm³/mol. The maximum Gasteiger partial charge on any atom is 0.248 e. The van der Waals surface area contributed by atoms with Gasteiger partial charge in [0, 0.05) is 19.6 Å². The number of amides is 1. The first-order valence-corrected chi connectivity index (χ1v) is 13.0. The Kier molecular flexibility index (Phi) is 8.65. The Hall–Kier alpha value is -2.69. The SMILES string of the molecule is CCOCCn1c(=NC(=O)CCCS(=O)(=O)c2ccc(OC)cc2)sc2cc(OC)ccc21. The van der Waals surface area contributed by atoms with Gasteiger partial charge in [-0.3, -0.25) is 4.79 Å². The second-order valence-electron chi connectivity index (χ2n) is 7.17. The van der Waals surface area contributed by atoms with Crippen molar-refractivity contribution in [2.24, 2.45) is 4.99 Å². The highest BCUT2D eigenvalue weighted by molar-refractivity contribution is 7.91. The molecule has 178 valence electrons. The molecule has 0 N–H and O–H groups in total. The van der Waals surface area contributed by atoms with Gasteiger partial charge in [0.25, 0.3) is 0 Å². The van der Waals surface area contributed by atoms with Gasteiger partial charge in [-0.25, -0.2) is 8.42 Å². The molecule has 0 aliphatic rings. The summed E-state index contributed by atoms with van der Waals surface area (Å²) in [5.41, 5.74) is 0.939. The van der Waals surface area contributed by atoms with Crippen LogP contribution in [0.5, 0.6) is 11.5 Å². The normalized spacial score (nSPS) is 12.3. The molecule has 1 amide bonds. The molecule has 0 fully saturated rings. The van der Waals surface area contributed by atoms with Gasteiger partial charge in [-0.05, 0) is 55.8 Å². The largest absolute Gasteiger partial charge is 0.497 e. The Balaban J connectivity index is 1.74. The molecule has 1 aromatic heterocycles. The molecule has 8 nitrogen and oxygen atoms in total. The molecule has 0 aliphatic heterocycles. The van der Waals surface area contributed by atoms with Crippen LogP contribution in [0.4, 0.5) is 0 Å². The molecule has 0 atom stereocenters. The lowest BCUT2D eigenvalue weighted by Crippen LogP contribution is -2.20. The van der Waals surface area contributed by atoms with Crippen LogP contribution in [-0.2, 0) is 25.9 Å². The number of rotatable bonds is 11. The maximum absolute atomic E-state index is 12.6. The Labute approximate surface area is 197 Å². The van der Waals surface area contributed by atoms with Crippen molar-refractivity contribution in [3.63, 3.8) is 0 Å². The van der Waals surface area contributed by atoms with Gasteiger partial charge in [-0.15, -0.1) is 0 Å². The number of aromatic nitrogens is 1. The molecule has 0 radical (unpaired) electrons. The number of carbonyl (C=O) groups excluding carboxylic acids is 1. The van der Waals surface area contributed by atoms with E-state index in [1.54, 1.807) is 19.2 Å². The van der Waals surface area contributed by atoms with E-state index in [0.29, 0.717) is 30.3 Å². The number of carbonyl (C=O) groups is 1. The van der Waals surface area contributed by atoms with Gasteiger partial charge in [-0.2, -0.15) is 4.99 Å². The van der Waals surface area contributed by atoms with Crippen molar-refractivity contribution in [2.75, 3.05) is 33.2 Å². The molecule has 33 heavy (non-hydrogen) atoms. The fourth-order valence-corrected chi connectivity index (χ4v) is 5.67. The summed E-state index contributed by atoms with van der Waals surface area (Å²) in [6.07, 6.45) is 0.229. The minimum atomic E-state index is -3.49. The van der Waals surface area contributed by atoms with Crippen molar-refractivity contribution in [1.29, 1.82) is 0 Å². The summed E-state index contributed by atoms with van der Waals surface area (Å²) >= 11 is 1.39. The Morgan fingerprint density at radius 2 is 1.76 bits per heavy atom. The van der Waals surface area contributed by atoms with E-state index in [1.807, 2.05) is 29.7 Å². The maximum atomic E-state index is 12.6. The van der Waals surface area contributed by atoms with Crippen molar-refractivity contribution in [3.05, 3.63) is 47.3 Å². The van der Waals surface area contributed by atoms with Gasteiger partial charge in [0.15, 0.2) is 14.6 Å². The number of thiazole rings is 1. The van der Waals surface area contributed by atoms with Crippen LogP contribution in [0.25, 0.3) is 10.2 Å². The lowest BCUT2D eigenvalue weighted by atomic mass is 10.3. The van der Waals surface area contributed by atoms with Crippen molar-refractivity contribution in [3.8, 4) is 11.5 Å². The van der Waals surface area contributed by atoms with E-state index in [2.05, 4.69) is 4.99 Å². The van der Waals surface area contributed by atoms with E-state index >= 15 is 0 Å².